The molecule has 0 bridgehead atoms. The standard InChI is InChI=1S/C35H37Cl2N7O5/c1-7-27(45)39-24-11-9-10-20(3)32(24)40-35-38-18-21-16-23(29-30(36)25(48-5)17-26(49-6)31(29)37)34(47)44(33(21)41-35)13-12-22-19-42(4)14-15-43(22)28(46)8-2/h7-11,16-18,22H,1-2,12-15,19H2,3-6H3,(H,39,45)(H,38,40,41). The summed E-state index contributed by atoms with van der Waals surface area (Å²) in [5.74, 6) is 0.204. The summed E-state index contributed by atoms with van der Waals surface area (Å²) in [4.78, 5) is 52.7. The summed E-state index contributed by atoms with van der Waals surface area (Å²) < 4.78 is 12.5. The van der Waals surface area contributed by atoms with Crippen LogP contribution in [0, 0.1) is 6.92 Å². The third kappa shape index (κ3) is 7.26. The first-order chi connectivity index (χ1) is 23.5. The SMILES string of the molecule is C=CC(=O)Nc1cccc(C)c1Nc1ncc2cc(-c3c(Cl)c(OC)cc(OC)c3Cl)c(=O)n(CCC3CN(C)CCN3C(=O)C=C)c2n1. The molecule has 1 unspecified atom stereocenters. The number of anilines is 3. The summed E-state index contributed by atoms with van der Waals surface area (Å²) in [5, 5.41) is 6.81. The van der Waals surface area contributed by atoms with Crippen LogP contribution in [0.5, 0.6) is 11.5 Å². The fourth-order valence-electron chi connectivity index (χ4n) is 5.90. The van der Waals surface area contributed by atoms with Crippen molar-refractivity contribution in [2.75, 3.05) is 51.5 Å². The van der Waals surface area contributed by atoms with Crippen LogP contribution >= 0.6 is 23.2 Å². The highest BCUT2D eigenvalue weighted by molar-refractivity contribution is 6.41. The minimum absolute atomic E-state index is 0.140. The Labute approximate surface area is 293 Å². The Bertz CT molecular complexity index is 1990. The molecule has 256 valence electrons. The minimum Gasteiger partial charge on any atom is -0.495 e. The van der Waals surface area contributed by atoms with Crippen molar-refractivity contribution >= 4 is 63.4 Å². The molecule has 49 heavy (non-hydrogen) atoms. The number of hydrogen-bond donors (Lipinski definition) is 2. The van der Waals surface area contributed by atoms with Gasteiger partial charge in [-0.25, -0.2) is 4.98 Å². The van der Waals surface area contributed by atoms with E-state index in [1.54, 1.807) is 33.9 Å². The van der Waals surface area contributed by atoms with Gasteiger partial charge in [0.1, 0.15) is 17.1 Å². The van der Waals surface area contributed by atoms with Gasteiger partial charge in [-0.15, -0.1) is 0 Å². The van der Waals surface area contributed by atoms with Gasteiger partial charge >= 0.3 is 0 Å². The summed E-state index contributed by atoms with van der Waals surface area (Å²) in [6.45, 7) is 11.1. The van der Waals surface area contributed by atoms with E-state index in [4.69, 9.17) is 37.7 Å². The van der Waals surface area contributed by atoms with Crippen LogP contribution in [0.15, 0.2) is 66.6 Å². The number of carbonyl (C=O) groups is 2. The molecule has 2 aromatic heterocycles. The molecule has 5 rings (SSSR count). The zero-order valence-corrected chi connectivity index (χ0v) is 29.2. The molecule has 1 fully saturated rings. The number of carbonyl (C=O) groups excluding carboxylic acids is 2. The third-order valence-corrected chi connectivity index (χ3v) is 9.20. The second kappa shape index (κ2) is 15.1. The van der Waals surface area contributed by atoms with Gasteiger partial charge in [0.2, 0.25) is 17.8 Å². The number of nitrogens with one attached hydrogen (secondary N) is 2. The van der Waals surface area contributed by atoms with Crippen LogP contribution < -0.4 is 25.7 Å². The molecule has 12 nitrogen and oxygen atoms in total. The number of nitrogens with zero attached hydrogens (tertiary/aromatic N) is 5. The van der Waals surface area contributed by atoms with E-state index in [9.17, 15) is 14.4 Å². The van der Waals surface area contributed by atoms with Gasteiger partial charge in [0.25, 0.3) is 5.56 Å². The number of halogens is 2. The van der Waals surface area contributed by atoms with Crippen molar-refractivity contribution in [3.63, 3.8) is 0 Å². The van der Waals surface area contributed by atoms with E-state index in [1.807, 2.05) is 26.1 Å². The molecule has 0 spiro atoms. The molecule has 2 aromatic carbocycles. The maximum atomic E-state index is 14.5. The van der Waals surface area contributed by atoms with E-state index in [0.717, 1.165) is 12.1 Å². The topological polar surface area (TPSA) is 131 Å². The minimum atomic E-state index is -0.420. The zero-order chi connectivity index (χ0) is 35.4. The number of benzene rings is 2. The van der Waals surface area contributed by atoms with Crippen LogP contribution in [0.4, 0.5) is 17.3 Å². The van der Waals surface area contributed by atoms with E-state index < -0.39 is 5.56 Å². The van der Waals surface area contributed by atoms with Crippen LogP contribution in [0.1, 0.15) is 12.0 Å². The van der Waals surface area contributed by atoms with Gasteiger partial charge in [-0.05, 0) is 50.2 Å². The Balaban J connectivity index is 1.67. The van der Waals surface area contributed by atoms with Crippen LogP contribution in [0.25, 0.3) is 22.2 Å². The van der Waals surface area contributed by atoms with Gasteiger partial charge in [0, 0.05) is 55.4 Å². The molecule has 1 saturated heterocycles. The zero-order valence-electron chi connectivity index (χ0n) is 27.7. The lowest BCUT2D eigenvalue weighted by Gasteiger charge is -2.39. The monoisotopic (exact) mass is 705 g/mol. The number of methoxy groups -OCH3 is 2. The number of pyridine rings is 1. The van der Waals surface area contributed by atoms with Gasteiger partial charge in [-0.3, -0.25) is 19.0 Å². The molecule has 14 heteroatoms. The number of fused-ring (bicyclic) bond motifs is 1. The molecule has 1 aliphatic rings. The lowest BCUT2D eigenvalue weighted by Crippen LogP contribution is -2.54. The molecule has 0 radical (unpaired) electrons. The lowest BCUT2D eigenvalue weighted by atomic mass is 10.0. The molecule has 0 saturated carbocycles. The fraction of sp³-hybridized carbons (Fsp3) is 0.286. The average Bonchev–Trinajstić information content (AvgIpc) is 3.09. The van der Waals surface area contributed by atoms with Crippen molar-refractivity contribution in [3.05, 3.63) is 87.8 Å². The Hall–Kier alpha value is -4.91. The van der Waals surface area contributed by atoms with E-state index in [0.29, 0.717) is 41.9 Å². The Morgan fingerprint density at radius 1 is 1.08 bits per heavy atom. The summed E-state index contributed by atoms with van der Waals surface area (Å²) in [7, 11) is 4.91. The highest BCUT2D eigenvalue weighted by Crippen LogP contribution is 2.45. The molecular formula is C35H37Cl2N7O5. The van der Waals surface area contributed by atoms with Gasteiger partial charge in [-0.2, -0.15) is 4.98 Å². The maximum absolute atomic E-state index is 14.5. The second-order valence-corrected chi connectivity index (χ2v) is 12.3. The van der Waals surface area contributed by atoms with Gasteiger partial charge in [0.05, 0.1) is 41.2 Å². The summed E-state index contributed by atoms with van der Waals surface area (Å²) in [5.41, 5.74) is 2.26. The molecule has 0 aliphatic carbocycles. The molecule has 3 heterocycles. The number of aromatic nitrogens is 3. The van der Waals surface area contributed by atoms with Crippen molar-refractivity contribution in [1.29, 1.82) is 0 Å². The number of rotatable bonds is 11. The Morgan fingerprint density at radius 2 is 1.80 bits per heavy atom. The van der Waals surface area contributed by atoms with Crippen molar-refractivity contribution in [2.45, 2.75) is 25.9 Å². The van der Waals surface area contributed by atoms with Gasteiger partial charge in [-0.1, -0.05) is 48.5 Å². The van der Waals surface area contributed by atoms with Crippen LogP contribution in [0.3, 0.4) is 0 Å². The van der Waals surface area contributed by atoms with E-state index >= 15 is 0 Å². The van der Waals surface area contributed by atoms with Crippen LogP contribution in [0.2, 0.25) is 10.0 Å². The number of ether oxygens (including phenoxy) is 2. The maximum Gasteiger partial charge on any atom is 0.260 e. The predicted molar refractivity (Wildman–Crippen MR) is 193 cm³/mol. The number of piperazine rings is 1. The molecular weight excluding hydrogens is 669 g/mol. The summed E-state index contributed by atoms with van der Waals surface area (Å²) in [6, 6.07) is 8.43. The van der Waals surface area contributed by atoms with Gasteiger partial charge < -0.3 is 29.9 Å². The normalized spacial score (nSPS) is 14.7. The fourth-order valence-corrected chi connectivity index (χ4v) is 6.61. The van der Waals surface area contributed by atoms with Crippen LogP contribution in [-0.4, -0.2) is 83.1 Å². The Kier molecular flexibility index (Phi) is 10.9. The quantitative estimate of drug-likeness (QED) is 0.189. The number of hydrogen-bond acceptors (Lipinski definition) is 9. The summed E-state index contributed by atoms with van der Waals surface area (Å²) >= 11 is 13.6. The smallest absolute Gasteiger partial charge is 0.260 e. The van der Waals surface area contributed by atoms with E-state index in [2.05, 4.69) is 33.7 Å². The predicted octanol–water partition coefficient (Wildman–Crippen LogP) is 5.68. The van der Waals surface area contributed by atoms with Crippen molar-refractivity contribution < 1.29 is 19.1 Å². The first kappa shape index (κ1) is 35.4. The number of amides is 2. The largest absolute Gasteiger partial charge is 0.495 e. The molecule has 1 atom stereocenters. The second-order valence-electron chi connectivity index (χ2n) is 11.5. The first-order valence-corrected chi connectivity index (χ1v) is 16.2. The highest BCUT2D eigenvalue weighted by atomic mass is 35.5. The number of likely N-dealkylation sites (N-methyl/N-ethyl adjacent to an activating group) is 1. The molecule has 2 amide bonds. The molecule has 4 aromatic rings. The number of aryl methyl sites for hydroxylation is 2. The van der Waals surface area contributed by atoms with E-state index in [1.165, 1.54) is 26.4 Å². The van der Waals surface area contributed by atoms with Crippen LogP contribution in [-0.2, 0) is 16.1 Å². The molecule has 1 aliphatic heterocycles. The summed E-state index contributed by atoms with van der Waals surface area (Å²) in [6.07, 6.45) is 4.52. The first-order valence-electron chi connectivity index (χ1n) is 15.4. The Morgan fingerprint density at radius 3 is 2.45 bits per heavy atom. The van der Waals surface area contributed by atoms with E-state index in [-0.39, 0.29) is 63.0 Å². The van der Waals surface area contributed by atoms with Gasteiger partial charge in [0.15, 0.2) is 0 Å². The lowest BCUT2D eigenvalue weighted by molar-refractivity contribution is -0.130. The highest BCUT2D eigenvalue weighted by Gasteiger charge is 2.29. The average molecular weight is 707 g/mol. The van der Waals surface area contributed by atoms with Crippen molar-refractivity contribution in [2.24, 2.45) is 0 Å². The molecule has 2 N–H and O–H groups in total. The third-order valence-electron chi connectivity index (χ3n) is 8.45. The number of para-hydroxylation sites is 1. The van der Waals surface area contributed by atoms with Crippen molar-refractivity contribution in [1.82, 2.24) is 24.3 Å². The van der Waals surface area contributed by atoms with Crippen molar-refractivity contribution in [3.8, 4) is 22.6 Å².